The van der Waals surface area contributed by atoms with E-state index in [2.05, 4.69) is 0 Å². The van der Waals surface area contributed by atoms with Crippen LogP contribution in [-0.2, 0) is 4.43 Å². The van der Waals surface area contributed by atoms with Gasteiger partial charge in [-0.1, -0.05) is 13.8 Å². The predicted octanol–water partition coefficient (Wildman–Crippen LogP) is 4.03. The van der Waals surface area contributed by atoms with E-state index in [-0.39, 0.29) is 12.1 Å². The summed E-state index contributed by atoms with van der Waals surface area (Å²) in [6.07, 6.45) is -3.65. The monoisotopic (exact) mass is 286 g/mol. The van der Waals surface area contributed by atoms with Gasteiger partial charge in [0.1, 0.15) is 0 Å². The first-order valence-electron chi connectivity index (χ1n) is 6.42. The molecule has 0 aromatic carbocycles. The zero-order valence-electron chi connectivity index (χ0n) is 11.9. The number of hydrogen-bond donors (Lipinski definition) is 1. The van der Waals surface area contributed by atoms with Gasteiger partial charge in [0.05, 0.1) is 5.22 Å². The number of aliphatic hydroxyl groups is 1. The first kappa shape index (κ1) is 17.9. The largest absolute Gasteiger partial charge is 0.411 e. The van der Waals surface area contributed by atoms with Crippen LogP contribution in [0.25, 0.3) is 0 Å². The third kappa shape index (κ3) is 5.71. The fourth-order valence-corrected chi connectivity index (χ4v) is 4.56. The molecule has 0 aromatic rings. The highest BCUT2D eigenvalue weighted by Crippen LogP contribution is 2.34. The van der Waals surface area contributed by atoms with Gasteiger partial charge in [-0.25, -0.2) is 0 Å². The first-order chi connectivity index (χ1) is 7.95. The van der Waals surface area contributed by atoms with Crippen molar-refractivity contribution in [2.24, 2.45) is 0 Å². The molecule has 0 rings (SSSR count). The highest BCUT2D eigenvalue weighted by molar-refractivity contribution is 6.75. The molecule has 0 spiro atoms. The molecule has 18 heavy (non-hydrogen) atoms. The van der Waals surface area contributed by atoms with E-state index < -0.39 is 26.1 Å². The SMILES string of the molecule is CCC(CC)O[Si](C)(CCC(F)(F)F)C(C)(C)O. The molecule has 0 heterocycles. The van der Waals surface area contributed by atoms with Gasteiger partial charge >= 0.3 is 6.18 Å². The van der Waals surface area contributed by atoms with Gasteiger partial charge in [0, 0.05) is 12.5 Å². The van der Waals surface area contributed by atoms with Crippen LogP contribution in [-0.4, -0.2) is 30.9 Å². The number of halogens is 3. The molecule has 1 N–H and O–H groups in total. The van der Waals surface area contributed by atoms with Crippen LogP contribution in [0.3, 0.4) is 0 Å². The summed E-state index contributed by atoms with van der Waals surface area (Å²) in [5.41, 5.74) is 0. The van der Waals surface area contributed by atoms with E-state index in [9.17, 15) is 18.3 Å². The molecule has 0 aliphatic heterocycles. The summed E-state index contributed by atoms with van der Waals surface area (Å²) >= 11 is 0. The summed E-state index contributed by atoms with van der Waals surface area (Å²) in [5.74, 6) is 0. The second kappa shape index (κ2) is 6.39. The number of hydrogen-bond acceptors (Lipinski definition) is 2. The van der Waals surface area contributed by atoms with E-state index in [0.29, 0.717) is 0 Å². The van der Waals surface area contributed by atoms with E-state index in [1.165, 1.54) is 0 Å². The van der Waals surface area contributed by atoms with Crippen LogP contribution in [0.2, 0.25) is 12.6 Å². The van der Waals surface area contributed by atoms with E-state index in [1.54, 1.807) is 20.4 Å². The third-order valence-electron chi connectivity index (χ3n) is 3.52. The quantitative estimate of drug-likeness (QED) is 0.716. The molecular formula is C12H25F3O2Si. The molecule has 0 aliphatic carbocycles. The lowest BCUT2D eigenvalue weighted by Gasteiger charge is -2.40. The molecule has 0 bridgehead atoms. The Morgan fingerprint density at radius 3 is 1.89 bits per heavy atom. The lowest BCUT2D eigenvalue weighted by Crippen LogP contribution is -2.57. The fourth-order valence-electron chi connectivity index (χ4n) is 1.71. The Morgan fingerprint density at radius 1 is 1.17 bits per heavy atom. The average molecular weight is 286 g/mol. The van der Waals surface area contributed by atoms with Crippen molar-refractivity contribution in [2.45, 2.75) is 77.1 Å². The van der Waals surface area contributed by atoms with Crippen molar-refractivity contribution in [2.75, 3.05) is 0 Å². The van der Waals surface area contributed by atoms with Gasteiger partial charge in [-0.15, -0.1) is 0 Å². The molecule has 0 amide bonds. The van der Waals surface area contributed by atoms with Crippen LogP contribution in [0, 0.1) is 0 Å². The Balaban J connectivity index is 4.85. The van der Waals surface area contributed by atoms with Crippen molar-refractivity contribution in [3.63, 3.8) is 0 Å². The van der Waals surface area contributed by atoms with Gasteiger partial charge in [-0.05, 0) is 39.3 Å². The van der Waals surface area contributed by atoms with Crippen LogP contribution in [0.5, 0.6) is 0 Å². The molecule has 0 radical (unpaired) electrons. The zero-order valence-corrected chi connectivity index (χ0v) is 12.9. The van der Waals surface area contributed by atoms with Gasteiger partial charge in [0.25, 0.3) is 0 Å². The van der Waals surface area contributed by atoms with Gasteiger partial charge in [-0.2, -0.15) is 13.2 Å². The molecule has 1 unspecified atom stereocenters. The van der Waals surface area contributed by atoms with E-state index in [0.717, 1.165) is 12.8 Å². The maximum atomic E-state index is 12.4. The van der Waals surface area contributed by atoms with Gasteiger partial charge in [0.2, 0.25) is 8.32 Å². The minimum atomic E-state index is -4.20. The van der Waals surface area contributed by atoms with Crippen molar-refractivity contribution in [3.8, 4) is 0 Å². The fraction of sp³-hybridized carbons (Fsp3) is 1.00. The molecule has 0 fully saturated rings. The molecule has 2 nitrogen and oxygen atoms in total. The van der Waals surface area contributed by atoms with E-state index >= 15 is 0 Å². The maximum Gasteiger partial charge on any atom is 0.388 e. The summed E-state index contributed by atoms with van der Waals surface area (Å²) in [6, 6.07) is -0.101. The van der Waals surface area contributed by atoms with Crippen LogP contribution >= 0.6 is 0 Å². The Bertz CT molecular complexity index is 247. The third-order valence-corrected chi connectivity index (χ3v) is 8.16. The van der Waals surface area contributed by atoms with Crippen LogP contribution in [0.15, 0.2) is 0 Å². The summed E-state index contributed by atoms with van der Waals surface area (Å²) in [7, 11) is -2.83. The second-order valence-electron chi connectivity index (χ2n) is 5.46. The van der Waals surface area contributed by atoms with Crippen molar-refractivity contribution >= 4 is 8.32 Å². The van der Waals surface area contributed by atoms with Crippen molar-refractivity contribution in [1.29, 1.82) is 0 Å². The highest BCUT2D eigenvalue weighted by Gasteiger charge is 2.47. The minimum absolute atomic E-state index is 0.0682. The Hall–Kier alpha value is -0.0731. The van der Waals surface area contributed by atoms with Crippen molar-refractivity contribution in [3.05, 3.63) is 0 Å². The Morgan fingerprint density at radius 2 is 1.61 bits per heavy atom. The predicted molar refractivity (Wildman–Crippen MR) is 68.8 cm³/mol. The number of alkyl halides is 3. The van der Waals surface area contributed by atoms with Gasteiger partial charge in [0.15, 0.2) is 0 Å². The topological polar surface area (TPSA) is 29.5 Å². The molecule has 0 aromatic heterocycles. The molecule has 1 atom stereocenters. The van der Waals surface area contributed by atoms with Crippen molar-refractivity contribution in [1.82, 2.24) is 0 Å². The lowest BCUT2D eigenvalue weighted by molar-refractivity contribution is -0.131. The van der Waals surface area contributed by atoms with Crippen LogP contribution in [0.4, 0.5) is 13.2 Å². The summed E-state index contributed by atoms with van der Waals surface area (Å²) in [6.45, 7) is 8.68. The number of rotatable bonds is 7. The van der Waals surface area contributed by atoms with E-state index in [4.69, 9.17) is 4.43 Å². The average Bonchev–Trinajstić information content (AvgIpc) is 2.20. The molecule has 0 saturated heterocycles. The Kier molecular flexibility index (Phi) is 6.36. The summed E-state index contributed by atoms with van der Waals surface area (Å²) < 4.78 is 43.0. The first-order valence-corrected chi connectivity index (χ1v) is 9.03. The van der Waals surface area contributed by atoms with E-state index in [1.807, 2.05) is 13.8 Å². The molecule has 0 aliphatic rings. The van der Waals surface area contributed by atoms with Crippen LogP contribution < -0.4 is 0 Å². The maximum absolute atomic E-state index is 12.4. The van der Waals surface area contributed by atoms with Gasteiger partial charge < -0.3 is 9.53 Å². The standard InChI is InChI=1S/C12H25F3O2Si/c1-6-10(7-2)17-18(5,11(3,4)16)9-8-12(13,14)15/h10,16H,6-9H2,1-5H3. The normalized spacial score (nSPS) is 17.0. The summed E-state index contributed by atoms with van der Waals surface area (Å²) in [5, 5.41) is 8.96. The second-order valence-corrected chi connectivity index (χ2v) is 9.88. The Labute approximate surface area is 109 Å². The van der Waals surface area contributed by atoms with Crippen molar-refractivity contribution < 1.29 is 22.7 Å². The molecule has 110 valence electrons. The lowest BCUT2D eigenvalue weighted by atomic mass is 10.2. The minimum Gasteiger partial charge on any atom is -0.411 e. The van der Waals surface area contributed by atoms with Crippen LogP contribution in [0.1, 0.15) is 47.0 Å². The summed E-state index contributed by atoms with van der Waals surface area (Å²) in [4.78, 5) is 0. The molecule has 0 saturated carbocycles. The molecule has 6 heteroatoms. The smallest absolute Gasteiger partial charge is 0.388 e. The zero-order chi connectivity index (χ0) is 14.6. The molecular weight excluding hydrogens is 261 g/mol. The van der Waals surface area contributed by atoms with Gasteiger partial charge in [-0.3, -0.25) is 0 Å². The highest BCUT2D eigenvalue weighted by atomic mass is 28.4.